The monoisotopic (exact) mass is 391 g/mol. The molecule has 0 radical (unpaired) electrons. The maximum atomic E-state index is 12.6. The summed E-state index contributed by atoms with van der Waals surface area (Å²) in [6.45, 7) is 8.31. The molecule has 0 aromatic heterocycles. The molecule has 0 aliphatic carbocycles. The van der Waals surface area contributed by atoms with E-state index in [1.165, 1.54) is 0 Å². The van der Waals surface area contributed by atoms with Gasteiger partial charge < -0.3 is 25.4 Å². The van der Waals surface area contributed by atoms with Crippen LogP contribution in [0.15, 0.2) is 18.2 Å². The second-order valence-corrected chi connectivity index (χ2v) is 7.72. The third-order valence-corrected chi connectivity index (χ3v) is 4.38. The molecule has 28 heavy (non-hydrogen) atoms. The van der Waals surface area contributed by atoms with Gasteiger partial charge in [0.05, 0.1) is 23.5 Å². The number of ether oxygens (including phenoxy) is 2. The highest BCUT2D eigenvalue weighted by molar-refractivity contribution is 6.02. The second kappa shape index (κ2) is 8.95. The maximum Gasteiger partial charge on any atom is 0.410 e. The SMILES string of the molecule is CCOC(=O)c1cccc(NC(=O)C2CCN(C(=O)OC(C)(C)C)CC2)c1N. The van der Waals surface area contributed by atoms with Gasteiger partial charge in [0.1, 0.15) is 5.60 Å². The number of nitrogens with zero attached hydrogens (tertiary/aromatic N) is 1. The van der Waals surface area contributed by atoms with Gasteiger partial charge in [-0.15, -0.1) is 0 Å². The van der Waals surface area contributed by atoms with Crippen LogP contribution in [-0.2, 0) is 14.3 Å². The van der Waals surface area contributed by atoms with Crippen molar-refractivity contribution >= 4 is 29.3 Å². The van der Waals surface area contributed by atoms with Gasteiger partial charge in [0.15, 0.2) is 0 Å². The number of nitrogens with one attached hydrogen (secondary N) is 1. The van der Waals surface area contributed by atoms with Crippen molar-refractivity contribution in [2.75, 3.05) is 30.7 Å². The number of rotatable bonds is 4. The zero-order chi connectivity index (χ0) is 20.9. The summed E-state index contributed by atoms with van der Waals surface area (Å²) >= 11 is 0. The molecule has 0 saturated carbocycles. The highest BCUT2D eigenvalue weighted by Gasteiger charge is 2.30. The molecule has 154 valence electrons. The number of para-hydroxylation sites is 1. The molecule has 1 saturated heterocycles. The van der Waals surface area contributed by atoms with Gasteiger partial charge >= 0.3 is 12.1 Å². The average Bonchev–Trinajstić information content (AvgIpc) is 2.62. The van der Waals surface area contributed by atoms with Crippen molar-refractivity contribution < 1.29 is 23.9 Å². The standard InChI is InChI=1S/C20H29N3O5/c1-5-27-18(25)14-7-6-8-15(16(14)21)22-17(24)13-9-11-23(12-10-13)19(26)28-20(2,3)4/h6-8,13H,5,9-12,21H2,1-4H3,(H,22,24). The lowest BCUT2D eigenvalue weighted by atomic mass is 9.96. The fourth-order valence-corrected chi connectivity index (χ4v) is 2.95. The van der Waals surface area contributed by atoms with Crippen LogP contribution in [0.1, 0.15) is 50.9 Å². The Bertz CT molecular complexity index is 734. The van der Waals surface area contributed by atoms with Crippen molar-refractivity contribution in [3.63, 3.8) is 0 Å². The third-order valence-electron chi connectivity index (χ3n) is 4.38. The summed E-state index contributed by atoms with van der Waals surface area (Å²) in [7, 11) is 0. The number of likely N-dealkylation sites (tertiary alicyclic amines) is 1. The lowest BCUT2D eigenvalue weighted by molar-refractivity contribution is -0.121. The Hall–Kier alpha value is -2.77. The van der Waals surface area contributed by atoms with E-state index < -0.39 is 11.6 Å². The number of amides is 2. The third kappa shape index (κ3) is 5.61. The summed E-state index contributed by atoms with van der Waals surface area (Å²) in [6.07, 6.45) is 0.697. The lowest BCUT2D eigenvalue weighted by Crippen LogP contribution is -2.43. The van der Waals surface area contributed by atoms with Gasteiger partial charge in [0, 0.05) is 19.0 Å². The number of esters is 1. The molecule has 8 heteroatoms. The van der Waals surface area contributed by atoms with Crippen molar-refractivity contribution in [2.24, 2.45) is 5.92 Å². The van der Waals surface area contributed by atoms with E-state index in [1.54, 1.807) is 30.0 Å². The molecule has 2 rings (SSSR count). The van der Waals surface area contributed by atoms with Gasteiger partial charge in [-0.05, 0) is 52.7 Å². The van der Waals surface area contributed by atoms with Gasteiger partial charge in [0.25, 0.3) is 0 Å². The molecule has 1 aromatic carbocycles. The smallest absolute Gasteiger partial charge is 0.410 e. The summed E-state index contributed by atoms with van der Waals surface area (Å²) < 4.78 is 10.3. The molecule has 1 heterocycles. The van der Waals surface area contributed by atoms with Crippen molar-refractivity contribution in [1.82, 2.24) is 4.90 Å². The second-order valence-electron chi connectivity index (χ2n) is 7.72. The first-order valence-electron chi connectivity index (χ1n) is 9.46. The summed E-state index contributed by atoms with van der Waals surface area (Å²) in [5, 5.41) is 2.79. The highest BCUT2D eigenvalue weighted by atomic mass is 16.6. The molecule has 0 bridgehead atoms. The summed E-state index contributed by atoms with van der Waals surface area (Å²) in [5.41, 5.74) is 6.26. The molecule has 8 nitrogen and oxygen atoms in total. The number of piperidine rings is 1. The van der Waals surface area contributed by atoms with Gasteiger partial charge in [0.2, 0.25) is 5.91 Å². The van der Waals surface area contributed by atoms with E-state index >= 15 is 0 Å². The van der Waals surface area contributed by atoms with Crippen LogP contribution in [0.2, 0.25) is 0 Å². The minimum absolute atomic E-state index is 0.181. The van der Waals surface area contributed by atoms with Crippen LogP contribution in [-0.4, -0.2) is 48.2 Å². The minimum Gasteiger partial charge on any atom is -0.462 e. The van der Waals surface area contributed by atoms with Gasteiger partial charge in [-0.2, -0.15) is 0 Å². The number of carbonyl (C=O) groups is 3. The fourth-order valence-electron chi connectivity index (χ4n) is 2.95. The van der Waals surface area contributed by atoms with E-state index in [9.17, 15) is 14.4 Å². The normalized spacial score (nSPS) is 15.1. The molecule has 3 N–H and O–H groups in total. The van der Waals surface area contributed by atoms with Crippen molar-refractivity contribution in [3.8, 4) is 0 Å². The number of hydrogen-bond donors (Lipinski definition) is 2. The van der Waals surface area contributed by atoms with Crippen LogP contribution >= 0.6 is 0 Å². The lowest BCUT2D eigenvalue weighted by Gasteiger charge is -2.33. The first-order valence-corrected chi connectivity index (χ1v) is 9.46. The van der Waals surface area contributed by atoms with Gasteiger partial charge in [-0.3, -0.25) is 4.79 Å². The minimum atomic E-state index is -0.549. The first kappa shape index (κ1) is 21.5. The quantitative estimate of drug-likeness (QED) is 0.603. The van der Waals surface area contributed by atoms with E-state index in [0.717, 1.165) is 0 Å². The maximum absolute atomic E-state index is 12.6. The molecule has 1 aliphatic heterocycles. The summed E-state index contributed by atoms with van der Waals surface area (Å²) in [6, 6.07) is 4.84. The molecule has 1 aliphatic rings. The predicted octanol–water partition coefficient (Wildman–Crippen LogP) is 3.03. The Balaban J connectivity index is 1.95. The van der Waals surface area contributed by atoms with E-state index in [2.05, 4.69) is 5.32 Å². The molecular weight excluding hydrogens is 362 g/mol. The van der Waals surface area contributed by atoms with Crippen molar-refractivity contribution in [3.05, 3.63) is 23.8 Å². The van der Waals surface area contributed by atoms with E-state index in [-0.39, 0.29) is 35.8 Å². The van der Waals surface area contributed by atoms with Crippen LogP contribution in [0, 0.1) is 5.92 Å². The van der Waals surface area contributed by atoms with E-state index in [1.807, 2.05) is 20.8 Å². The summed E-state index contributed by atoms with van der Waals surface area (Å²) in [4.78, 5) is 38.3. The molecule has 1 aromatic rings. The van der Waals surface area contributed by atoms with Crippen LogP contribution in [0.3, 0.4) is 0 Å². The number of benzene rings is 1. The van der Waals surface area contributed by atoms with Crippen LogP contribution < -0.4 is 11.1 Å². The van der Waals surface area contributed by atoms with Gasteiger partial charge in [-0.25, -0.2) is 9.59 Å². The Kier molecular flexibility index (Phi) is 6.88. The molecular formula is C20H29N3O5. The number of nitrogens with two attached hydrogens (primary N) is 1. The predicted molar refractivity (Wildman–Crippen MR) is 106 cm³/mol. The van der Waals surface area contributed by atoms with Crippen molar-refractivity contribution in [1.29, 1.82) is 0 Å². The zero-order valence-electron chi connectivity index (χ0n) is 16.9. The first-order chi connectivity index (χ1) is 13.1. The Morgan fingerprint density at radius 3 is 2.43 bits per heavy atom. The molecule has 2 amide bonds. The largest absolute Gasteiger partial charge is 0.462 e. The average molecular weight is 391 g/mol. The van der Waals surface area contributed by atoms with Gasteiger partial charge in [-0.1, -0.05) is 6.07 Å². The molecule has 1 fully saturated rings. The van der Waals surface area contributed by atoms with Crippen molar-refractivity contribution in [2.45, 2.75) is 46.1 Å². The summed E-state index contributed by atoms with van der Waals surface area (Å²) in [5.74, 6) is -0.956. The Morgan fingerprint density at radius 2 is 1.86 bits per heavy atom. The van der Waals surface area contributed by atoms with Crippen LogP contribution in [0.5, 0.6) is 0 Å². The van der Waals surface area contributed by atoms with E-state index in [4.69, 9.17) is 15.2 Å². The molecule has 0 atom stereocenters. The molecule has 0 spiro atoms. The zero-order valence-corrected chi connectivity index (χ0v) is 16.9. The number of hydrogen-bond acceptors (Lipinski definition) is 6. The highest BCUT2D eigenvalue weighted by Crippen LogP contribution is 2.26. The Labute approximate surface area is 165 Å². The topological polar surface area (TPSA) is 111 Å². The van der Waals surface area contributed by atoms with Crippen LogP contribution in [0.25, 0.3) is 0 Å². The number of nitrogen functional groups attached to an aromatic ring is 1. The Morgan fingerprint density at radius 1 is 1.21 bits per heavy atom. The molecule has 0 unspecified atom stereocenters. The van der Waals surface area contributed by atoms with E-state index in [0.29, 0.717) is 31.6 Å². The number of anilines is 2. The number of carbonyl (C=O) groups excluding carboxylic acids is 3. The van der Waals surface area contributed by atoms with Crippen LogP contribution in [0.4, 0.5) is 16.2 Å². The fraction of sp³-hybridized carbons (Fsp3) is 0.550.